The second kappa shape index (κ2) is 7.04. The molecule has 1 aromatic carbocycles. The Kier molecular flexibility index (Phi) is 5.11. The molecular weight excluding hydrogens is 266 g/mol. The summed E-state index contributed by atoms with van der Waals surface area (Å²) in [6, 6.07) is 9.69. The highest BCUT2D eigenvalue weighted by atomic mass is 16.3. The van der Waals surface area contributed by atoms with E-state index in [1.807, 2.05) is 44.2 Å². The molecule has 0 unspecified atom stereocenters. The summed E-state index contributed by atoms with van der Waals surface area (Å²) in [4.78, 5) is 12.2. The molecule has 0 fully saturated rings. The molecule has 0 radical (unpaired) electrons. The first-order valence-corrected chi connectivity index (χ1v) is 7.10. The van der Waals surface area contributed by atoms with Crippen LogP contribution in [0.15, 0.2) is 42.7 Å². The maximum atomic E-state index is 12.2. The van der Waals surface area contributed by atoms with Crippen molar-refractivity contribution in [2.24, 2.45) is 0 Å². The fourth-order valence-electron chi connectivity index (χ4n) is 2.07. The smallest absolute Gasteiger partial charge is 0.254 e. The van der Waals surface area contributed by atoms with E-state index >= 15 is 0 Å². The maximum absolute atomic E-state index is 12.2. The minimum Gasteiger partial charge on any atom is -0.394 e. The molecule has 0 aliphatic heterocycles. The molecule has 1 atom stereocenters. The zero-order valence-corrected chi connectivity index (χ0v) is 12.4. The summed E-state index contributed by atoms with van der Waals surface area (Å²) in [5, 5.41) is 16.4. The van der Waals surface area contributed by atoms with E-state index in [1.165, 1.54) is 0 Å². The monoisotopic (exact) mass is 287 g/mol. The van der Waals surface area contributed by atoms with E-state index in [1.54, 1.807) is 17.1 Å². The van der Waals surface area contributed by atoms with E-state index in [2.05, 4.69) is 10.4 Å². The van der Waals surface area contributed by atoms with Crippen LogP contribution in [0.3, 0.4) is 0 Å². The lowest BCUT2D eigenvalue weighted by Crippen LogP contribution is -2.39. The fourth-order valence-corrected chi connectivity index (χ4v) is 2.07. The van der Waals surface area contributed by atoms with Crippen molar-refractivity contribution in [1.29, 1.82) is 0 Å². The summed E-state index contributed by atoms with van der Waals surface area (Å²) in [7, 11) is 0. The molecule has 0 spiro atoms. The number of carbonyl (C=O) groups is 1. The lowest BCUT2D eigenvalue weighted by atomic mass is 10.1. The number of nitrogens with zero attached hydrogens (tertiary/aromatic N) is 2. The van der Waals surface area contributed by atoms with Gasteiger partial charge in [0.2, 0.25) is 0 Å². The van der Waals surface area contributed by atoms with E-state index in [0.29, 0.717) is 12.0 Å². The van der Waals surface area contributed by atoms with Gasteiger partial charge in [-0.15, -0.1) is 0 Å². The van der Waals surface area contributed by atoms with Gasteiger partial charge in [0.1, 0.15) is 0 Å². The zero-order chi connectivity index (χ0) is 15.2. The summed E-state index contributed by atoms with van der Waals surface area (Å²) < 4.78 is 1.74. The molecule has 5 nitrogen and oxygen atoms in total. The molecule has 1 heterocycles. The normalized spacial score (nSPS) is 12.4. The molecule has 112 valence electrons. The number of nitrogens with one attached hydrogen (secondary N) is 1. The molecule has 0 aliphatic carbocycles. The lowest BCUT2D eigenvalue weighted by Gasteiger charge is -2.15. The van der Waals surface area contributed by atoms with Crippen LogP contribution < -0.4 is 5.32 Å². The Morgan fingerprint density at radius 1 is 1.33 bits per heavy atom. The van der Waals surface area contributed by atoms with Crippen molar-refractivity contribution in [3.8, 4) is 0 Å². The van der Waals surface area contributed by atoms with Gasteiger partial charge in [0.25, 0.3) is 5.91 Å². The molecule has 0 bridgehead atoms. The summed E-state index contributed by atoms with van der Waals surface area (Å²) in [5.41, 5.74) is 1.59. The van der Waals surface area contributed by atoms with Gasteiger partial charge in [-0.05, 0) is 25.8 Å². The van der Waals surface area contributed by atoms with Gasteiger partial charge < -0.3 is 10.4 Å². The highest BCUT2D eigenvalue weighted by molar-refractivity contribution is 5.93. The van der Waals surface area contributed by atoms with Gasteiger partial charge in [-0.1, -0.05) is 30.3 Å². The predicted molar refractivity (Wildman–Crippen MR) is 81.1 cm³/mol. The second-order valence-corrected chi connectivity index (χ2v) is 5.35. The van der Waals surface area contributed by atoms with Gasteiger partial charge in [0, 0.05) is 12.2 Å². The maximum Gasteiger partial charge on any atom is 0.254 e. The fraction of sp³-hybridized carbons (Fsp3) is 0.375. The standard InChI is InChI=1S/C16H21N3O2/c1-12(2)19-10-14(9-17-19)16(21)18-15(11-20)8-13-6-4-3-5-7-13/h3-7,9-10,12,15,20H,8,11H2,1-2H3,(H,18,21)/t15-/m0/s1. The van der Waals surface area contributed by atoms with Crippen molar-refractivity contribution in [3.63, 3.8) is 0 Å². The predicted octanol–water partition coefficient (Wildman–Crippen LogP) is 1.80. The van der Waals surface area contributed by atoms with Crippen LogP contribution in [0, 0.1) is 0 Å². The molecule has 0 saturated carbocycles. The quantitative estimate of drug-likeness (QED) is 0.851. The highest BCUT2D eigenvalue weighted by Crippen LogP contribution is 2.07. The van der Waals surface area contributed by atoms with Crippen molar-refractivity contribution in [3.05, 3.63) is 53.9 Å². The van der Waals surface area contributed by atoms with Gasteiger partial charge in [0.05, 0.1) is 24.4 Å². The van der Waals surface area contributed by atoms with Crippen molar-refractivity contribution >= 4 is 5.91 Å². The zero-order valence-electron chi connectivity index (χ0n) is 12.4. The Morgan fingerprint density at radius 3 is 2.62 bits per heavy atom. The highest BCUT2D eigenvalue weighted by Gasteiger charge is 2.15. The number of aliphatic hydroxyl groups excluding tert-OH is 1. The van der Waals surface area contributed by atoms with Gasteiger partial charge in [0.15, 0.2) is 0 Å². The molecule has 0 aliphatic rings. The number of aliphatic hydroxyl groups is 1. The van der Waals surface area contributed by atoms with Crippen molar-refractivity contribution < 1.29 is 9.90 Å². The minimum atomic E-state index is -0.303. The van der Waals surface area contributed by atoms with Crippen LogP contribution in [-0.2, 0) is 6.42 Å². The first-order valence-electron chi connectivity index (χ1n) is 7.10. The molecule has 0 saturated heterocycles. The van der Waals surface area contributed by atoms with Gasteiger partial charge in [-0.2, -0.15) is 5.10 Å². The summed E-state index contributed by atoms with van der Waals surface area (Å²) in [6.45, 7) is 3.90. The topological polar surface area (TPSA) is 67.2 Å². The number of amides is 1. The first-order chi connectivity index (χ1) is 10.1. The third-order valence-corrected chi connectivity index (χ3v) is 3.27. The molecule has 1 aromatic heterocycles. The average Bonchev–Trinajstić information content (AvgIpc) is 2.97. The third kappa shape index (κ3) is 4.16. The van der Waals surface area contributed by atoms with Gasteiger partial charge in [-0.3, -0.25) is 9.48 Å². The summed E-state index contributed by atoms with van der Waals surface area (Å²) in [5.74, 6) is -0.211. The summed E-state index contributed by atoms with van der Waals surface area (Å²) >= 11 is 0. The Bertz CT molecular complexity index is 578. The third-order valence-electron chi connectivity index (χ3n) is 3.27. The van der Waals surface area contributed by atoms with Crippen LogP contribution in [0.1, 0.15) is 35.8 Å². The van der Waals surface area contributed by atoms with Crippen LogP contribution in [-0.4, -0.2) is 33.4 Å². The lowest BCUT2D eigenvalue weighted by molar-refractivity contribution is 0.0916. The number of rotatable bonds is 6. The Hall–Kier alpha value is -2.14. The molecule has 2 rings (SSSR count). The van der Waals surface area contributed by atoms with Crippen LogP contribution in [0.2, 0.25) is 0 Å². The van der Waals surface area contributed by atoms with Crippen LogP contribution in [0.4, 0.5) is 0 Å². The Labute approximate surface area is 124 Å². The minimum absolute atomic E-state index is 0.0983. The largest absolute Gasteiger partial charge is 0.394 e. The average molecular weight is 287 g/mol. The van der Waals surface area contributed by atoms with E-state index in [9.17, 15) is 9.90 Å². The van der Waals surface area contributed by atoms with E-state index in [0.717, 1.165) is 5.56 Å². The van der Waals surface area contributed by atoms with Gasteiger partial charge in [-0.25, -0.2) is 0 Å². The number of carbonyl (C=O) groups excluding carboxylic acids is 1. The van der Waals surface area contributed by atoms with Gasteiger partial charge >= 0.3 is 0 Å². The van der Waals surface area contributed by atoms with E-state index < -0.39 is 0 Å². The number of benzene rings is 1. The number of hydrogen-bond acceptors (Lipinski definition) is 3. The van der Waals surface area contributed by atoms with Crippen molar-refractivity contribution in [2.75, 3.05) is 6.61 Å². The molecule has 5 heteroatoms. The molecule has 2 N–H and O–H groups in total. The molecular formula is C16H21N3O2. The Balaban J connectivity index is 1.99. The molecule has 2 aromatic rings. The second-order valence-electron chi connectivity index (χ2n) is 5.35. The van der Waals surface area contributed by atoms with Crippen molar-refractivity contribution in [1.82, 2.24) is 15.1 Å². The van der Waals surface area contributed by atoms with Crippen LogP contribution in [0.25, 0.3) is 0 Å². The number of hydrogen-bond donors (Lipinski definition) is 2. The molecule has 21 heavy (non-hydrogen) atoms. The molecule has 1 amide bonds. The number of aromatic nitrogens is 2. The van der Waals surface area contributed by atoms with Crippen LogP contribution in [0.5, 0.6) is 0 Å². The van der Waals surface area contributed by atoms with Crippen molar-refractivity contribution in [2.45, 2.75) is 32.4 Å². The SMILES string of the molecule is CC(C)n1cc(C(=O)N[C@H](CO)Cc2ccccc2)cn1. The first kappa shape index (κ1) is 15.3. The van der Waals surface area contributed by atoms with E-state index in [4.69, 9.17) is 0 Å². The Morgan fingerprint density at radius 2 is 2.05 bits per heavy atom. The van der Waals surface area contributed by atoms with Crippen LogP contribution >= 0.6 is 0 Å². The van der Waals surface area contributed by atoms with E-state index in [-0.39, 0.29) is 24.6 Å². The summed E-state index contributed by atoms with van der Waals surface area (Å²) in [6.07, 6.45) is 3.87.